The maximum atomic E-state index is 5.16. The van der Waals surface area contributed by atoms with Crippen molar-refractivity contribution in [3.63, 3.8) is 0 Å². The molecule has 0 unspecified atom stereocenters. The Kier molecular flexibility index (Phi) is 0.703. The lowest BCUT2D eigenvalue weighted by atomic mass is 10.7. The largest absolute Gasteiger partial charge is 0.275 e. The molecule has 0 radical (unpaired) electrons. The van der Waals surface area contributed by atoms with E-state index >= 15 is 0 Å². The van der Waals surface area contributed by atoms with Crippen LogP contribution in [0.15, 0.2) is 9.98 Å². The van der Waals surface area contributed by atoms with Crippen LogP contribution in [0, 0.1) is 0 Å². The molecule has 38 valence electrons. The highest BCUT2D eigenvalue weighted by atomic mass is 15.3. The van der Waals surface area contributed by atoms with Gasteiger partial charge in [-0.05, 0) is 0 Å². The molecule has 0 fully saturated rings. The van der Waals surface area contributed by atoms with E-state index in [0.29, 0.717) is 0 Å². The predicted molar refractivity (Wildman–Crippen MR) is 28.1 cm³/mol. The van der Waals surface area contributed by atoms with Crippen LogP contribution in [0.25, 0.3) is 0 Å². The molecule has 1 rings (SSSR count). The molecule has 0 aromatic rings. The van der Waals surface area contributed by atoms with Crippen molar-refractivity contribution in [3.8, 4) is 0 Å². The second-order valence-corrected chi connectivity index (χ2v) is 1.34. The Hall–Kier alpha value is -0.740. The summed E-state index contributed by atoms with van der Waals surface area (Å²) in [6.07, 6.45) is 2.94. The molecule has 0 aliphatic carbocycles. The van der Waals surface area contributed by atoms with E-state index in [4.69, 9.17) is 11.5 Å². The predicted octanol–water partition coefficient (Wildman–Crippen LogP) is -1.33. The van der Waals surface area contributed by atoms with Gasteiger partial charge in [-0.1, -0.05) is 0 Å². The van der Waals surface area contributed by atoms with E-state index in [0.717, 1.165) is 0 Å². The first-order valence-electron chi connectivity index (χ1n) is 1.87. The molecule has 0 aromatic heterocycles. The number of hydrogen-bond donors (Lipinski definition) is 2. The smallest absolute Gasteiger partial charge is 0.259 e. The van der Waals surface area contributed by atoms with Gasteiger partial charge in [0, 0.05) is 12.4 Å². The molecular formula is C3H6N4. The molecule has 0 saturated carbocycles. The van der Waals surface area contributed by atoms with E-state index in [1.54, 1.807) is 0 Å². The molecule has 0 aromatic carbocycles. The summed E-state index contributed by atoms with van der Waals surface area (Å²) < 4.78 is 0. The summed E-state index contributed by atoms with van der Waals surface area (Å²) in [6, 6.07) is 0. The fourth-order valence-corrected chi connectivity index (χ4v) is 0.339. The molecule has 1 heterocycles. The Morgan fingerprint density at radius 1 is 1.14 bits per heavy atom. The summed E-state index contributed by atoms with van der Waals surface area (Å²) in [4.78, 5) is 7.15. The van der Waals surface area contributed by atoms with Gasteiger partial charge in [-0.15, -0.1) is 0 Å². The van der Waals surface area contributed by atoms with E-state index < -0.39 is 5.91 Å². The van der Waals surface area contributed by atoms with Crippen molar-refractivity contribution in [2.45, 2.75) is 5.91 Å². The van der Waals surface area contributed by atoms with Gasteiger partial charge in [-0.3, -0.25) is 11.5 Å². The zero-order valence-electron chi connectivity index (χ0n) is 3.70. The van der Waals surface area contributed by atoms with Crippen LogP contribution < -0.4 is 11.5 Å². The topological polar surface area (TPSA) is 76.8 Å². The van der Waals surface area contributed by atoms with Gasteiger partial charge < -0.3 is 0 Å². The molecular weight excluding hydrogens is 92.1 g/mol. The molecule has 7 heavy (non-hydrogen) atoms. The van der Waals surface area contributed by atoms with Gasteiger partial charge >= 0.3 is 0 Å². The van der Waals surface area contributed by atoms with Gasteiger partial charge in [-0.25, -0.2) is 9.98 Å². The van der Waals surface area contributed by atoms with Gasteiger partial charge in [0.05, 0.1) is 0 Å². The van der Waals surface area contributed by atoms with Gasteiger partial charge in [0.15, 0.2) is 0 Å². The fraction of sp³-hybridized carbons (Fsp3) is 0.333. The zero-order valence-corrected chi connectivity index (χ0v) is 3.70. The van der Waals surface area contributed by atoms with Gasteiger partial charge in [0.25, 0.3) is 5.91 Å². The van der Waals surface area contributed by atoms with E-state index in [1.807, 2.05) is 0 Å². The maximum absolute atomic E-state index is 5.16. The third kappa shape index (κ3) is 0.819. The van der Waals surface area contributed by atoms with Crippen LogP contribution in [0.2, 0.25) is 0 Å². The molecule has 0 amide bonds. The third-order valence-electron chi connectivity index (χ3n) is 0.629. The number of rotatable bonds is 0. The number of aliphatic imine (C=N–C) groups is 2. The Balaban J connectivity index is 2.77. The Bertz CT molecular complexity index is 109. The van der Waals surface area contributed by atoms with Crippen LogP contribution in [-0.4, -0.2) is 18.3 Å². The number of nitrogens with two attached hydrogens (primary N) is 2. The minimum absolute atomic E-state index is 1.17. The Morgan fingerprint density at radius 2 is 1.57 bits per heavy atom. The lowest BCUT2D eigenvalue weighted by Gasteiger charge is -2.06. The monoisotopic (exact) mass is 98.1 g/mol. The summed E-state index contributed by atoms with van der Waals surface area (Å²) in [7, 11) is 0. The lowest BCUT2D eigenvalue weighted by Crippen LogP contribution is -2.43. The highest BCUT2D eigenvalue weighted by molar-refractivity contribution is 6.17. The molecule has 0 atom stereocenters. The van der Waals surface area contributed by atoms with Crippen molar-refractivity contribution in [2.24, 2.45) is 21.5 Å². The standard InChI is InChI=1S/C3H6N4/c4-3(5)6-1-2-7-3/h1-2H,4-5H2. The molecule has 1 aliphatic rings. The Labute approximate surface area is 40.9 Å². The highest BCUT2D eigenvalue weighted by Crippen LogP contribution is 1.95. The SMILES string of the molecule is NC1(N)N=CC=N1. The molecule has 0 spiro atoms. The average Bonchev–Trinajstić information content (AvgIpc) is 1.84. The fourth-order valence-electron chi connectivity index (χ4n) is 0.339. The first-order chi connectivity index (χ1) is 3.21. The molecule has 0 saturated heterocycles. The van der Waals surface area contributed by atoms with E-state index in [2.05, 4.69) is 9.98 Å². The molecule has 4 heteroatoms. The number of nitrogens with zero attached hydrogens (tertiary/aromatic N) is 2. The highest BCUT2D eigenvalue weighted by Gasteiger charge is 2.14. The van der Waals surface area contributed by atoms with E-state index in [9.17, 15) is 0 Å². The normalized spacial score (nSPS) is 23.7. The van der Waals surface area contributed by atoms with Crippen molar-refractivity contribution in [3.05, 3.63) is 0 Å². The van der Waals surface area contributed by atoms with Crippen LogP contribution in [0.5, 0.6) is 0 Å². The average molecular weight is 98.1 g/mol. The van der Waals surface area contributed by atoms with Gasteiger partial charge in [-0.2, -0.15) is 0 Å². The van der Waals surface area contributed by atoms with Gasteiger partial charge in [0.2, 0.25) is 0 Å². The molecule has 4 N–H and O–H groups in total. The number of hydrogen-bond acceptors (Lipinski definition) is 4. The summed E-state index contributed by atoms with van der Waals surface area (Å²) in [5.41, 5.74) is 10.3. The third-order valence-corrected chi connectivity index (χ3v) is 0.629. The Morgan fingerprint density at radius 3 is 1.71 bits per heavy atom. The van der Waals surface area contributed by atoms with E-state index in [-0.39, 0.29) is 0 Å². The van der Waals surface area contributed by atoms with Crippen LogP contribution in [-0.2, 0) is 0 Å². The minimum atomic E-state index is -1.17. The van der Waals surface area contributed by atoms with Crippen molar-refractivity contribution in [1.29, 1.82) is 0 Å². The van der Waals surface area contributed by atoms with Crippen molar-refractivity contribution >= 4 is 12.4 Å². The molecule has 1 aliphatic heterocycles. The van der Waals surface area contributed by atoms with Crippen LogP contribution in [0.1, 0.15) is 0 Å². The van der Waals surface area contributed by atoms with Gasteiger partial charge in [0.1, 0.15) is 0 Å². The van der Waals surface area contributed by atoms with E-state index in [1.165, 1.54) is 12.4 Å². The van der Waals surface area contributed by atoms with Crippen molar-refractivity contribution in [1.82, 2.24) is 0 Å². The van der Waals surface area contributed by atoms with Crippen molar-refractivity contribution < 1.29 is 0 Å². The molecule has 4 nitrogen and oxygen atoms in total. The summed E-state index contributed by atoms with van der Waals surface area (Å²) in [6.45, 7) is 0. The maximum Gasteiger partial charge on any atom is 0.259 e. The second-order valence-electron chi connectivity index (χ2n) is 1.34. The first kappa shape index (κ1) is 4.42. The summed E-state index contributed by atoms with van der Waals surface area (Å²) in [5, 5.41) is 0. The first-order valence-corrected chi connectivity index (χ1v) is 1.87. The van der Waals surface area contributed by atoms with Crippen LogP contribution in [0.3, 0.4) is 0 Å². The van der Waals surface area contributed by atoms with Crippen LogP contribution in [0.4, 0.5) is 0 Å². The van der Waals surface area contributed by atoms with Crippen LogP contribution >= 0.6 is 0 Å². The lowest BCUT2D eigenvalue weighted by molar-refractivity contribution is 0.505. The molecule has 0 bridgehead atoms. The minimum Gasteiger partial charge on any atom is -0.275 e. The quantitative estimate of drug-likeness (QED) is 0.368. The summed E-state index contributed by atoms with van der Waals surface area (Å²) >= 11 is 0. The summed E-state index contributed by atoms with van der Waals surface area (Å²) in [5.74, 6) is -1.17. The van der Waals surface area contributed by atoms with Crippen molar-refractivity contribution in [2.75, 3.05) is 0 Å². The second kappa shape index (κ2) is 1.11. The zero-order chi connectivity index (χ0) is 5.33.